The zero-order chi connectivity index (χ0) is 40.0. The molecule has 0 saturated heterocycles. The lowest BCUT2D eigenvalue weighted by atomic mass is 9.97. The molecular weight excluding hydrogens is 757 g/mol. The van der Waals surface area contributed by atoms with Crippen molar-refractivity contribution < 1.29 is 0 Å². The van der Waals surface area contributed by atoms with Gasteiger partial charge in [-0.1, -0.05) is 146 Å². The van der Waals surface area contributed by atoms with E-state index < -0.39 is 0 Å². The molecule has 284 valence electrons. The van der Waals surface area contributed by atoms with Gasteiger partial charge >= 0.3 is 0 Å². The number of rotatable bonds is 5. The molecule has 0 bridgehead atoms. The van der Waals surface area contributed by atoms with Gasteiger partial charge in [-0.25, -0.2) is 0 Å². The van der Waals surface area contributed by atoms with Gasteiger partial charge in [0.2, 0.25) is 0 Å². The molecule has 13 aromatic rings. The summed E-state index contributed by atoms with van der Waals surface area (Å²) in [5.74, 6) is 0. The average molecular weight is 793 g/mol. The fourth-order valence-electron chi connectivity index (χ4n) is 9.80. The first-order chi connectivity index (χ1) is 30.2. The predicted molar refractivity (Wildman–Crippen MR) is 262 cm³/mol. The van der Waals surface area contributed by atoms with Gasteiger partial charge in [0.15, 0.2) is 0 Å². The van der Waals surface area contributed by atoms with E-state index in [1.807, 2.05) is 11.3 Å². The van der Waals surface area contributed by atoms with E-state index >= 15 is 0 Å². The summed E-state index contributed by atoms with van der Waals surface area (Å²) in [7, 11) is 0. The molecule has 0 amide bonds. The Balaban J connectivity index is 0.914. The number of hydrogen-bond donors (Lipinski definition) is 0. The minimum atomic E-state index is 1.16. The number of thiophene rings is 1. The fourth-order valence-corrected chi connectivity index (χ4v) is 11.0. The molecule has 3 heterocycles. The van der Waals surface area contributed by atoms with Crippen molar-refractivity contribution in [2.75, 3.05) is 0 Å². The summed E-state index contributed by atoms with van der Waals surface area (Å²) in [6, 6.07) is 80.4. The molecule has 0 aliphatic rings. The van der Waals surface area contributed by atoms with Crippen LogP contribution in [-0.4, -0.2) is 9.13 Å². The van der Waals surface area contributed by atoms with E-state index in [9.17, 15) is 0 Å². The molecular formula is C58H36N2S. The van der Waals surface area contributed by atoms with Crippen LogP contribution in [0.25, 0.3) is 119 Å². The minimum Gasteiger partial charge on any atom is -0.309 e. The Kier molecular flexibility index (Phi) is 7.51. The van der Waals surface area contributed by atoms with Gasteiger partial charge < -0.3 is 9.13 Å². The number of hydrogen-bond acceptors (Lipinski definition) is 1. The largest absolute Gasteiger partial charge is 0.309 e. The third-order valence-corrected chi connectivity index (χ3v) is 13.9. The number of para-hydroxylation sites is 2. The predicted octanol–water partition coefficient (Wildman–Crippen LogP) is 16.4. The Morgan fingerprint density at radius 1 is 0.279 bits per heavy atom. The first-order valence-corrected chi connectivity index (χ1v) is 21.7. The van der Waals surface area contributed by atoms with E-state index in [2.05, 4.69) is 228 Å². The Bertz CT molecular complexity index is 3860. The van der Waals surface area contributed by atoms with Crippen molar-refractivity contribution in [2.45, 2.75) is 0 Å². The van der Waals surface area contributed by atoms with Gasteiger partial charge in [0.1, 0.15) is 0 Å². The van der Waals surface area contributed by atoms with Crippen molar-refractivity contribution in [3.63, 3.8) is 0 Å². The molecule has 0 saturated carbocycles. The molecule has 0 aliphatic heterocycles. The zero-order valence-corrected chi connectivity index (χ0v) is 33.9. The van der Waals surface area contributed by atoms with Crippen molar-refractivity contribution in [1.82, 2.24) is 9.13 Å². The van der Waals surface area contributed by atoms with Gasteiger partial charge in [0.05, 0.1) is 22.1 Å². The van der Waals surface area contributed by atoms with Gasteiger partial charge in [0, 0.05) is 53.1 Å². The quantitative estimate of drug-likeness (QED) is 0.164. The van der Waals surface area contributed by atoms with Crippen LogP contribution in [0.5, 0.6) is 0 Å². The van der Waals surface area contributed by atoms with Crippen LogP contribution >= 0.6 is 11.3 Å². The lowest BCUT2D eigenvalue weighted by Crippen LogP contribution is -1.93. The van der Waals surface area contributed by atoms with Crippen molar-refractivity contribution in [3.8, 4) is 44.8 Å². The first kappa shape index (κ1) is 34.2. The van der Waals surface area contributed by atoms with Crippen LogP contribution in [0.3, 0.4) is 0 Å². The van der Waals surface area contributed by atoms with Gasteiger partial charge in [0.25, 0.3) is 0 Å². The topological polar surface area (TPSA) is 9.86 Å². The maximum atomic E-state index is 2.41. The Morgan fingerprint density at radius 3 is 1.54 bits per heavy atom. The smallest absolute Gasteiger partial charge is 0.0541 e. The van der Waals surface area contributed by atoms with Crippen LogP contribution < -0.4 is 0 Å². The highest BCUT2D eigenvalue weighted by Gasteiger charge is 2.18. The van der Waals surface area contributed by atoms with E-state index in [4.69, 9.17) is 0 Å². The fraction of sp³-hybridized carbons (Fsp3) is 0. The maximum absolute atomic E-state index is 2.41. The number of aromatic nitrogens is 2. The Labute approximate surface area is 356 Å². The second-order valence-electron chi connectivity index (χ2n) is 16.1. The van der Waals surface area contributed by atoms with E-state index in [0.717, 1.165) is 5.69 Å². The highest BCUT2D eigenvalue weighted by Crippen LogP contribution is 2.43. The molecule has 10 aromatic carbocycles. The zero-order valence-electron chi connectivity index (χ0n) is 33.1. The van der Waals surface area contributed by atoms with E-state index in [1.54, 1.807) is 0 Å². The third kappa shape index (κ3) is 5.34. The molecule has 0 aliphatic carbocycles. The summed E-state index contributed by atoms with van der Waals surface area (Å²) in [6.07, 6.45) is 0. The molecule has 3 heteroatoms. The van der Waals surface area contributed by atoms with Crippen LogP contribution in [0.1, 0.15) is 0 Å². The number of benzene rings is 10. The SMILES string of the molecule is c1ccc(-n2c3ccc(-c4ccc(-c5ccc6c(c5)c5ccccc5n6-c5ccc6ccccc6c5)cc4)cc3c3cc(-c4cccc5c4sc4ccccc45)ccc32)cc1. The van der Waals surface area contributed by atoms with Crippen molar-refractivity contribution in [2.24, 2.45) is 0 Å². The summed E-state index contributed by atoms with van der Waals surface area (Å²) in [6.45, 7) is 0. The normalized spacial score (nSPS) is 11.9. The van der Waals surface area contributed by atoms with E-state index in [0.29, 0.717) is 0 Å². The molecule has 0 spiro atoms. The van der Waals surface area contributed by atoms with Crippen molar-refractivity contribution in [1.29, 1.82) is 0 Å². The molecule has 13 rings (SSSR count). The summed E-state index contributed by atoms with van der Waals surface area (Å²) < 4.78 is 7.48. The first-order valence-electron chi connectivity index (χ1n) is 20.9. The lowest BCUT2D eigenvalue weighted by Gasteiger charge is -2.10. The number of nitrogens with zero attached hydrogens (tertiary/aromatic N) is 2. The lowest BCUT2D eigenvalue weighted by molar-refractivity contribution is 1.18. The van der Waals surface area contributed by atoms with Gasteiger partial charge in [-0.3, -0.25) is 0 Å². The number of fused-ring (bicyclic) bond motifs is 10. The molecule has 0 atom stereocenters. The second-order valence-corrected chi connectivity index (χ2v) is 17.2. The third-order valence-electron chi connectivity index (χ3n) is 12.7. The van der Waals surface area contributed by atoms with Crippen molar-refractivity contribution in [3.05, 3.63) is 218 Å². The van der Waals surface area contributed by atoms with Gasteiger partial charge in [-0.15, -0.1) is 11.3 Å². The standard InChI is InChI=1S/C58H36N2S/c1-2-13-44(14-3-1)59-55-31-27-42(35-51(55)52-36-43(28-32-56(52)59)46-17-10-18-49-48-16-7-9-20-57(48)61-58(46)49)39-23-21-38(22-24-39)41-26-30-54-50(34-41)47-15-6-8-19-53(47)60(54)45-29-25-37-11-4-5-12-40(37)33-45/h1-36H. The monoisotopic (exact) mass is 792 g/mol. The summed E-state index contributed by atoms with van der Waals surface area (Å²) >= 11 is 1.89. The molecule has 3 aromatic heterocycles. The molecule has 0 unspecified atom stereocenters. The Morgan fingerprint density at radius 2 is 0.803 bits per heavy atom. The second kappa shape index (κ2) is 13.4. The molecule has 0 fully saturated rings. The Hall–Kier alpha value is -7.72. The van der Waals surface area contributed by atoms with Crippen LogP contribution in [0.2, 0.25) is 0 Å². The molecule has 0 N–H and O–H groups in total. The summed E-state index contributed by atoms with van der Waals surface area (Å²) in [5, 5.41) is 10.2. The summed E-state index contributed by atoms with van der Waals surface area (Å²) in [5.41, 5.74) is 14.5. The van der Waals surface area contributed by atoms with E-state index in [-0.39, 0.29) is 0 Å². The van der Waals surface area contributed by atoms with Crippen LogP contribution in [0, 0.1) is 0 Å². The minimum absolute atomic E-state index is 1.16. The molecule has 2 nitrogen and oxygen atoms in total. The van der Waals surface area contributed by atoms with E-state index in [1.165, 1.54) is 114 Å². The highest BCUT2D eigenvalue weighted by atomic mass is 32.1. The van der Waals surface area contributed by atoms with Gasteiger partial charge in [-0.2, -0.15) is 0 Å². The average Bonchev–Trinajstić information content (AvgIpc) is 3.99. The molecule has 0 radical (unpaired) electrons. The van der Waals surface area contributed by atoms with Crippen LogP contribution in [0.15, 0.2) is 218 Å². The maximum Gasteiger partial charge on any atom is 0.0541 e. The summed E-state index contributed by atoms with van der Waals surface area (Å²) in [4.78, 5) is 0. The highest BCUT2D eigenvalue weighted by molar-refractivity contribution is 7.26. The van der Waals surface area contributed by atoms with Gasteiger partial charge in [-0.05, 0) is 117 Å². The van der Waals surface area contributed by atoms with Crippen LogP contribution in [0.4, 0.5) is 0 Å². The molecule has 61 heavy (non-hydrogen) atoms. The van der Waals surface area contributed by atoms with Crippen LogP contribution in [-0.2, 0) is 0 Å². The van der Waals surface area contributed by atoms with Crippen molar-refractivity contribution >= 4 is 85.9 Å².